The molecule has 0 spiro atoms. The Morgan fingerprint density at radius 1 is 1.12 bits per heavy atom. The highest BCUT2D eigenvalue weighted by Crippen LogP contribution is 2.27. The van der Waals surface area contributed by atoms with Gasteiger partial charge in [0.2, 0.25) is 5.82 Å². The minimum Gasteiger partial charge on any atom is -0.452 e. The van der Waals surface area contributed by atoms with Crippen molar-refractivity contribution < 1.29 is 14.1 Å². The van der Waals surface area contributed by atoms with Gasteiger partial charge in [0.15, 0.2) is 12.4 Å². The van der Waals surface area contributed by atoms with Crippen molar-refractivity contribution in [1.29, 1.82) is 0 Å². The molecule has 2 aromatic carbocycles. The fourth-order valence-corrected chi connectivity index (χ4v) is 3.20. The minimum atomic E-state index is -0.551. The normalized spacial score (nSPS) is 10.9. The van der Waals surface area contributed by atoms with Crippen LogP contribution in [-0.2, 0) is 11.3 Å². The lowest BCUT2D eigenvalue weighted by Crippen LogP contribution is -2.06. The Bertz CT molecular complexity index is 1360. The SMILES string of the molecule is Cc1ccccc1-c1nn(-c2ccccc2)cc1C(=O)OCc1nc(-c2ncn[nH]2)no1. The van der Waals surface area contributed by atoms with Gasteiger partial charge in [0, 0.05) is 11.8 Å². The van der Waals surface area contributed by atoms with E-state index in [1.54, 1.807) is 10.9 Å². The molecular weight excluding hydrogens is 410 g/mol. The first-order valence-corrected chi connectivity index (χ1v) is 9.75. The summed E-state index contributed by atoms with van der Waals surface area (Å²) >= 11 is 0. The molecule has 1 N–H and O–H groups in total. The number of hydrogen-bond acceptors (Lipinski definition) is 8. The topological polar surface area (TPSA) is 125 Å². The van der Waals surface area contributed by atoms with Crippen LogP contribution in [-0.4, -0.2) is 41.1 Å². The molecular formula is C22H17N7O3. The lowest BCUT2D eigenvalue weighted by molar-refractivity contribution is 0.0430. The van der Waals surface area contributed by atoms with E-state index in [9.17, 15) is 4.79 Å². The maximum Gasteiger partial charge on any atom is 0.342 e. The third-order valence-corrected chi connectivity index (χ3v) is 4.78. The molecule has 32 heavy (non-hydrogen) atoms. The fraction of sp³-hybridized carbons (Fsp3) is 0.0909. The van der Waals surface area contributed by atoms with Gasteiger partial charge in [-0.1, -0.05) is 47.6 Å². The molecule has 0 saturated carbocycles. The van der Waals surface area contributed by atoms with Gasteiger partial charge in [-0.2, -0.15) is 15.2 Å². The van der Waals surface area contributed by atoms with Crippen molar-refractivity contribution in [2.45, 2.75) is 13.5 Å². The molecule has 3 heterocycles. The average Bonchev–Trinajstić information content (AvgIpc) is 3.59. The summed E-state index contributed by atoms with van der Waals surface area (Å²) in [5.41, 5.74) is 3.53. The first kappa shape index (κ1) is 19.4. The van der Waals surface area contributed by atoms with Crippen molar-refractivity contribution in [3.05, 3.63) is 84.1 Å². The number of nitrogens with one attached hydrogen (secondary N) is 1. The Labute approximate surface area is 181 Å². The summed E-state index contributed by atoms with van der Waals surface area (Å²) < 4.78 is 12.3. The summed E-state index contributed by atoms with van der Waals surface area (Å²) in [5, 5.41) is 14.9. The Kier molecular flexibility index (Phi) is 5.00. The average molecular weight is 427 g/mol. The van der Waals surface area contributed by atoms with Gasteiger partial charge >= 0.3 is 5.97 Å². The Balaban J connectivity index is 1.43. The number of carbonyl (C=O) groups excluding carboxylic acids is 1. The van der Waals surface area contributed by atoms with Gasteiger partial charge < -0.3 is 9.26 Å². The molecule has 0 unspecified atom stereocenters. The van der Waals surface area contributed by atoms with Crippen LogP contribution < -0.4 is 0 Å². The molecule has 158 valence electrons. The summed E-state index contributed by atoms with van der Waals surface area (Å²) in [6.07, 6.45) is 3.00. The molecule has 10 nitrogen and oxygen atoms in total. The second-order valence-electron chi connectivity index (χ2n) is 6.91. The number of aryl methyl sites for hydroxylation is 1. The summed E-state index contributed by atoms with van der Waals surface area (Å²) in [7, 11) is 0. The van der Waals surface area contributed by atoms with Gasteiger partial charge in [0.25, 0.3) is 5.89 Å². The highest BCUT2D eigenvalue weighted by Gasteiger charge is 2.22. The second-order valence-corrected chi connectivity index (χ2v) is 6.91. The Morgan fingerprint density at radius 2 is 1.94 bits per heavy atom. The van der Waals surface area contributed by atoms with Crippen LogP contribution in [0.1, 0.15) is 21.8 Å². The van der Waals surface area contributed by atoms with Crippen LogP contribution in [0.4, 0.5) is 0 Å². The van der Waals surface area contributed by atoms with Gasteiger partial charge in [-0.25, -0.2) is 14.5 Å². The lowest BCUT2D eigenvalue weighted by Gasteiger charge is -2.05. The fourth-order valence-electron chi connectivity index (χ4n) is 3.20. The van der Waals surface area contributed by atoms with Crippen LogP contribution in [0.5, 0.6) is 0 Å². The van der Waals surface area contributed by atoms with Gasteiger partial charge in [0.05, 0.1) is 5.69 Å². The summed E-state index contributed by atoms with van der Waals surface area (Å²) in [4.78, 5) is 21.1. The Hall–Kier alpha value is -4.60. The molecule has 0 aliphatic rings. The largest absolute Gasteiger partial charge is 0.452 e. The van der Waals surface area contributed by atoms with E-state index >= 15 is 0 Å². The number of ether oxygens (including phenoxy) is 1. The van der Waals surface area contributed by atoms with Crippen molar-refractivity contribution in [1.82, 2.24) is 35.1 Å². The number of para-hydroxylation sites is 1. The quantitative estimate of drug-likeness (QED) is 0.409. The molecule has 5 aromatic rings. The van der Waals surface area contributed by atoms with E-state index in [1.165, 1.54) is 6.33 Å². The van der Waals surface area contributed by atoms with E-state index in [4.69, 9.17) is 9.26 Å². The molecule has 5 rings (SSSR count). The van der Waals surface area contributed by atoms with Crippen LogP contribution in [0.25, 0.3) is 28.6 Å². The van der Waals surface area contributed by atoms with E-state index in [0.717, 1.165) is 16.8 Å². The smallest absolute Gasteiger partial charge is 0.342 e. The van der Waals surface area contributed by atoms with Crippen LogP contribution >= 0.6 is 0 Å². The van der Waals surface area contributed by atoms with E-state index < -0.39 is 5.97 Å². The maximum absolute atomic E-state index is 13.0. The molecule has 0 fully saturated rings. The molecule has 0 amide bonds. The monoisotopic (exact) mass is 427 g/mol. The molecule has 0 bridgehead atoms. The first-order valence-electron chi connectivity index (χ1n) is 9.75. The standard InChI is InChI=1S/C22H17N7O3/c1-14-7-5-6-10-16(14)19-17(11-29(27-19)15-8-3-2-4-9-15)22(30)31-12-18-25-21(28-32-18)20-23-13-24-26-20/h2-11,13H,12H2,1H3,(H,23,24,26). The number of benzene rings is 2. The van der Waals surface area contributed by atoms with E-state index in [1.807, 2.05) is 61.5 Å². The molecule has 0 aliphatic heterocycles. The van der Waals surface area contributed by atoms with E-state index in [0.29, 0.717) is 17.1 Å². The van der Waals surface area contributed by atoms with Crippen molar-refractivity contribution >= 4 is 5.97 Å². The van der Waals surface area contributed by atoms with Gasteiger partial charge in [-0.05, 0) is 24.6 Å². The first-order chi connectivity index (χ1) is 15.7. The minimum absolute atomic E-state index is 0.137. The number of esters is 1. The van der Waals surface area contributed by atoms with Crippen molar-refractivity contribution in [3.63, 3.8) is 0 Å². The van der Waals surface area contributed by atoms with Crippen LogP contribution in [0.3, 0.4) is 0 Å². The lowest BCUT2D eigenvalue weighted by atomic mass is 10.0. The zero-order valence-corrected chi connectivity index (χ0v) is 17.0. The number of H-pyrrole nitrogens is 1. The predicted molar refractivity (Wildman–Crippen MR) is 113 cm³/mol. The maximum atomic E-state index is 13.0. The van der Waals surface area contributed by atoms with Crippen molar-refractivity contribution in [2.24, 2.45) is 0 Å². The number of rotatable bonds is 6. The zero-order chi connectivity index (χ0) is 21.9. The molecule has 10 heteroatoms. The molecule has 3 aromatic heterocycles. The van der Waals surface area contributed by atoms with Gasteiger partial charge in [-0.15, -0.1) is 0 Å². The Morgan fingerprint density at radius 3 is 2.72 bits per heavy atom. The highest BCUT2D eigenvalue weighted by atomic mass is 16.6. The number of nitrogens with zero attached hydrogens (tertiary/aromatic N) is 6. The van der Waals surface area contributed by atoms with E-state index in [2.05, 4.69) is 30.4 Å². The number of aromatic nitrogens is 7. The summed E-state index contributed by atoms with van der Waals surface area (Å²) in [5.74, 6) is 0.172. The van der Waals surface area contributed by atoms with E-state index in [-0.39, 0.29) is 18.3 Å². The third-order valence-electron chi connectivity index (χ3n) is 4.78. The van der Waals surface area contributed by atoms with Crippen molar-refractivity contribution in [3.8, 4) is 28.6 Å². The summed E-state index contributed by atoms with van der Waals surface area (Å²) in [6.45, 7) is 1.78. The highest BCUT2D eigenvalue weighted by molar-refractivity contribution is 5.96. The molecule has 0 radical (unpaired) electrons. The van der Waals surface area contributed by atoms with Gasteiger partial charge in [0.1, 0.15) is 17.6 Å². The van der Waals surface area contributed by atoms with Crippen LogP contribution in [0.2, 0.25) is 0 Å². The van der Waals surface area contributed by atoms with Crippen LogP contribution in [0, 0.1) is 6.92 Å². The third kappa shape index (κ3) is 3.76. The number of aromatic amines is 1. The summed E-state index contributed by atoms with van der Waals surface area (Å²) in [6, 6.07) is 17.3. The van der Waals surface area contributed by atoms with Crippen molar-refractivity contribution in [2.75, 3.05) is 0 Å². The molecule has 0 saturated heterocycles. The van der Waals surface area contributed by atoms with Gasteiger partial charge in [-0.3, -0.25) is 5.10 Å². The number of hydrogen-bond donors (Lipinski definition) is 1. The predicted octanol–water partition coefficient (Wildman–Crippen LogP) is 3.37. The molecule has 0 atom stereocenters. The zero-order valence-electron chi connectivity index (χ0n) is 17.0. The van der Waals surface area contributed by atoms with Crippen LogP contribution in [0.15, 0.2) is 71.6 Å². The second kappa shape index (κ2) is 8.26. The number of carbonyl (C=O) groups is 1. The molecule has 0 aliphatic carbocycles.